The number of nitrogens with one attached hydrogen (secondary N) is 2. The first kappa shape index (κ1) is 20.4. The molecule has 3 aromatic heterocycles. The van der Waals surface area contributed by atoms with Gasteiger partial charge in [-0.2, -0.15) is 4.98 Å². The maximum atomic E-state index is 13.4. The highest BCUT2D eigenvalue weighted by atomic mass is 16.5. The van der Waals surface area contributed by atoms with Gasteiger partial charge >= 0.3 is 0 Å². The summed E-state index contributed by atoms with van der Waals surface area (Å²) in [4.78, 5) is 26.7. The van der Waals surface area contributed by atoms with Crippen LogP contribution in [-0.2, 0) is 4.79 Å². The van der Waals surface area contributed by atoms with Gasteiger partial charge in [0.15, 0.2) is 5.82 Å². The van der Waals surface area contributed by atoms with Gasteiger partial charge in [0.1, 0.15) is 11.8 Å². The zero-order valence-electron chi connectivity index (χ0n) is 18.1. The molecule has 1 amide bonds. The highest BCUT2D eigenvalue weighted by Gasteiger charge is 2.35. The van der Waals surface area contributed by atoms with Crippen molar-refractivity contribution >= 4 is 17.5 Å². The molecule has 0 unspecified atom stereocenters. The van der Waals surface area contributed by atoms with E-state index in [-0.39, 0.29) is 5.91 Å². The van der Waals surface area contributed by atoms with E-state index in [2.05, 4.69) is 20.6 Å². The summed E-state index contributed by atoms with van der Waals surface area (Å²) in [6.07, 6.45) is 4.95. The highest BCUT2D eigenvalue weighted by molar-refractivity contribution is 6.05. The minimum atomic E-state index is -0.574. The zero-order chi connectivity index (χ0) is 22.8. The van der Waals surface area contributed by atoms with E-state index < -0.39 is 6.04 Å². The Morgan fingerprint density at radius 3 is 2.70 bits per heavy atom. The summed E-state index contributed by atoms with van der Waals surface area (Å²) in [5.74, 6) is 1.39. The SMILES string of the molecule is COc1ccccc1-c1nc2n(n1)[C@H](c1ccccn1)C(C(=O)Nc1cccnc1)=C(C)N2. The summed E-state index contributed by atoms with van der Waals surface area (Å²) in [5, 5.41) is 10.9. The average molecular weight is 439 g/mol. The van der Waals surface area contributed by atoms with Gasteiger partial charge in [0.25, 0.3) is 5.91 Å². The summed E-state index contributed by atoms with van der Waals surface area (Å²) >= 11 is 0. The summed E-state index contributed by atoms with van der Waals surface area (Å²) in [6, 6.07) is 16.1. The van der Waals surface area contributed by atoms with Crippen molar-refractivity contribution in [3.63, 3.8) is 0 Å². The van der Waals surface area contributed by atoms with Crippen molar-refractivity contribution in [1.82, 2.24) is 24.7 Å². The number of anilines is 2. The summed E-state index contributed by atoms with van der Waals surface area (Å²) in [7, 11) is 1.61. The Kier molecular flexibility index (Phi) is 5.27. The maximum Gasteiger partial charge on any atom is 0.255 e. The molecule has 9 nitrogen and oxygen atoms in total. The van der Waals surface area contributed by atoms with E-state index >= 15 is 0 Å². The fourth-order valence-electron chi connectivity index (χ4n) is 3.83. The molecule has 0 bridgehead atoms. The molecule has 0 spiro atoms. The van der Waals surface area contributed by atoms with Gasteiger partial charge in [0, 0.05) is 18.1 Å². The van der Waals surface area contributed by atoms with Crippen LogP contribution >= 0.6 is 0 Å². The predicted molar refractivity (Wildman–Crippen MR) is 124 cm³/mol. The van der Waals surface area contributed by atoms with Gasteiger partial charge in [-0.15, -0.1) is 5.10 Å². The minimum absolute atomic E-state index is 0.274. The van der Waals surface area contributed by atoms with Crippen molar-refractivity contribution in [1.29, 1.82) is 0 Å². The third-order valence-electron chi connectivity index (χ3n) is 5.33. The molecule has 1 atom stereocenters. The quantitative estimate of drug-likeness (QED) is 0.489. The lowest BCUT2D eigenvalue weighted by atomic mass is 9.98. The fraction of sp³-hybridized carbons (Fsp3) is 0.125. The van der Waals surface area contributed by atoms with Crippen molar-refractivity contribution in [2.75, 3.05) is 17.7 Å². The zero-order valence-corrected chi connectivity index (χ0v) is 18.1. The van der Waals surface area contributed by atoms with Crippen LogP contribution in [0, 0.1) is 0 Å². The van der Waals surface area contributed by atoms with E-state index in [1.165, 1.54) is 0 Å². The molecule has 0 saturated heterocycles. The largest absolute Gasteiger partial charge is 0.496 e. The first-order valence-corrected chi connectivity index (χ1v) is 10.4. The molecule has 4 aromatic rings. The lowest BCUT2D eigenvalue weighted by molar-refractivity contribution is -0.113. The molecule has 5 rings (SSSR count). The number of fused-ring (bicyclic) bond motifs is 1. The number of benzene rings is 1. The van der Waals surface area contributed by atoms with Gasteiger partial charge in [0.2, 0.25) is 5.95 Å². The summed E-state index contributed by atoms with van der Waals surface area (Å²) < 4.78 is 7.18. The number of amides is 1. The van der Waals surface area contributed by atoms with E-state index in [0.29, 0.717) is 40.2 Å². The van der Waals surface area contributed by atoms with Crippen molar-refractivity contribution in [2.45, 2.75) is 13.0 Å². The van der Waals surface area contributed by atoms with E-state index in [0.717, 1.165) is 5.56 Å². The Bertz CT molecular complexity index is 1330. The number of carbonyl (C=O) groups is 1. The summed E-state index contributed by atoms with van der Waals surface area (Å²) in [5.41, 5.74) is 3.18. The standard InChI is InChI=1S/C24H21N7O2/c1-15-20(23(32)28-16-8-7-12-25-14-16)21(18-10-5-6-13-26-18)31-24(27-15)29-22(30-31)17-9-3-4-11-19(17)33-2/h3-14,21H,1-2H3,(H,28,32)(H,27,29,30)/t21-/m1/s1. The smallest absolute Gasteiger partial charge is 0.255 e. The minimum Gasteiger partial charge on any atom is -0.496 e. The molecular formula is C24H21N7O2. The lowest BCUT2D eigenvalue weighted by Crippen LogP contribution is -2.32. The molecule has 33 heavy (non-hydrogen) atoms. The number of hydrogen-bond acceptors (Lipinski definition) is 7. The Morgan fingerprint density at radius 1 is 1.09 bits per heavy atom. The molecule has 0 fully saturated rings. The van der Waals surface area contributed by atoms with Crippen LogP contribution < -0.4 is 15.4 Å². The first-order chi connectivity index (χ1) is 16.2. The third kappa shape index (κ3) is 3.80. The van der Waals surface area contributed by atoms with Crippen molar-refractivity contribution in [2.24, 2.45) is 0 Å². The normalized spacial score (nSPS) is 14.9. The Morgan fingerprint density at radius 2 is 1.94 bits per heavy atom. The van der Waals surface area contributed by atoms with E-state index in [9.17, 15) is 4.79 Å². The monoisotopic (exact) mass is 439 g/mol. The Balaban J connectivity index is 1.61. The van der Waals surface area contributed by atoms with E-state index in [1.807, 2.05) is 49.4 Å². The van der Waals surface area contributed by atoms with Gasteiger partial charge in [-0.25, -0.2) is 4.68 Å². The first-order valence-electron chi connectivity index (χ1n) is 10.4. The molecular weight excluding hydrogens is 418 g/mol. The number of nitrogens with zero attached hydrogens (tertiary/aromatic N) is 5. The Hall–Kier alpha value is -4.53. The van der Waals surface area contributed by atoms with E-state index in [4.69, 9.17) is 14.8 Å². The van der Waals surface area contributed by atoms with Gasteiger partial charge < -0.3 is 15.4 Å². The van der Waals surface area contributed by atoms with Crippen molar-refractivity contribution in [3.05, 3.63) is 90.2 Å². The molecule has 164 valence electrons. The van der Waals surface area contributed by atoms with Crippen molar-refractivity contribution in [3.8, 4) is 17.1 Å². The Labute approximate surface area is 190 Å². The predicted octanol–water partition coefficient (Wildman–Crippen LogP) is 3.67. The molecule has 0 aliphatic carbocycles. The van der Waals surface area contributed by atoms with Gasteiger partial charge in [-0.05, 0) is 43.3 Å². The second kappa shape index (κ2) is 8.54. The van der Waals surface area contributed by atoms with Crippen molar-refractivity contribution < 1.29 is 9.53 Å². The topological polar surface area (TPSA) is 107 Å². The third-order valence-corrected chi connectivity index (χ3v) is 5.33. The maximum absolute atomic E-state index is 13.4. The molecule has 1 aliphatic rings. The lowest BCUT2D eigenvalue weighted by Gasteiger charge is -2.27. The number of hydrogen-bond donors (Lipinski definition) is 2. The molecule has 0 radical (unpaired) electrons. The molecule has 2 N–H and O–H groups in total. The van der Waals surface area contributed by atoms with Gasteiger partial charge in [-0.1, -0.05) is 18.2 Å². The fourth-order valence-corrected chi connectivity index (χ4v) is 3.83. The highest BCUT2D eigenvalue weighted by Crippen LogP contribution is 2.37. The number of pyridine rings is 2. The number of ether oxygens (including phenoxy) is 1. The molecule has 0 saturated carbocycles. The van der Waals surface area contributed by atoms with Gasteiger partial charge in [-0.3, -0.25) is 14.8 Å². The molecule has 9 heteroatoms. The number of aromatic nitrogens is 5. The van der Waals surface area contributed by atoms with Crippen LogP contribution in [0.4, 0.5) is 11.6 Å². The summed E-state index contributed by atoms with van der Waals surface area (Å²) in [6.45, 7) is 1.84. The number of rotatable bonds is 5. The van der Waals surface area contributed by atoms with Crippen LogP contribution in [0.15, 0.2) is 84.5 Å². The van der Waals surface area contributed by atoms with E-state index in [1.54, 1.807) is 42.5 Å². The average Bonchev–Trinajstić information content (AvgIpc) is 3.27. The van der Waals surface area contributed by atoms with Crippen LogP contribution in [0.3, 0.4) is 0 Å². The van der Waals surface area contributed by atoms with Crippen LogP contribution in [0.2, 0.25) is 0 Å². The number of carbonyl (C=O) groups excluding carboxylic acids is 1. The molecule has 1 aromatic carbocycles. The second-order valence-corrected chi connectivity index (χ2v) is 7.42. The van der Waals surface area contributed by atoms with Gasteiger partial charge in [0.05, 0.1) is 35.8 Å². The van der Waals surface area contributed by atoms with Crippen LogP contribution in [0.1, 0.15) is 18.7 Å². The van der Waals surface area contributed by atoms with Crippen LogP contribution in [-0.4, -0.2) is 37.7 Å². The number of allylic oxidation sites excluding steroid dienone is 1. The molecule has 1 aliphatic heterocycles. The number of methoxy groups -OCH3 is 1. The van der Waals surface area contributed by atoms with Crippen LogP contribution in [0.5, 0.6) is 5.75 Å². The number of para-hydroxylation sites is 1. The van der Waals surface area contributed by atoms with Crippen LogP contribution in [0.25, 0.3) is 11.4 Å². The molecule has 4 heterocycles. The second-order valence-electron chi connectivity index (χ2n) is 7.42.